The number of nitrogens with one attached hydrogen (secondary N) is 2. The Balaban J connectivity index is 1.85. The fraction of sp³-hybridized carbons (Fsp3) is 0.500. The van der Waals surface area contributed by atoms with E-state index in [2.05, 4.69) is 15.5 Å². The second-order valence-electron chi connectivity index (χ2n) is 6.44. The molecular formula is C18H23N3O3. The Morgan fingerprint density at radius 1 is 1.25 bits per heavy atom. The smallest absolute Gasteiger partial charge is 0.272 e. The zero-order valence-electron chi connectivity index (χ0n) is 13.6. The monoisotopic (exact) mass is 329 g/mol. The van der Waals surface area contributed by atoms with Gasteiger partial charge in [-0.05, 0) is 31.2 Å². The van der Waals surface area contributed by atoms with Crippen molar-refractivity contribution in [3.8, 4) is 0 Å². The number of aliphatic hydroxyl groups excluding tert-OH is 1. The molecule has 0 aliphatic heterocycles. The Morgan fingerprint density at radius 3 is 2.67 bits per heavy atom. The summed E-state index contributed by atoms with van der Waals surface area (Å²) in [6, 6.07) is 6.89. The van der Waals surface area contributed by atoms with E-state index in [9.17, 15) is 14.7 Å². The molecule has 1 saturated carbocycles. The average molecular weight is 329 g/mol. The summed E-state index contributed by atoms with van der Waals surface area (Å²) in [6.45, 7) is 0.0429. The van der Waals surface area contributed by atoms with Crippen LogP contribution in [0.1, 0.15) is 49.0 Å². The number of aromatic amines is 1. The lowest BCUT2D eigenvalue weighted by Crippen LogP contribution is -2.42. The summed E-state index contributed by atoms with van der Waals surface area (Å²) in [7, 11) is 0. The summed E-state index contributed by atoms with van der Waals surface area (Å²) in [5.41, 5.74) is -0.0784. The molecule has 128 valence electrons. The third-order valence-electron chi connectivity index (χ3n) is 4.89. The number of benzene rings is 1. The average Bonchev–Trinajstić information content (AvgIpc) is 2.62. The lowest BCUT2D eigenvalue weighted by Gasteiger charge is -2.30. The molecule has 1 fully saturated rings. The van der Waals surface area contributed by atoms with E-state index >= 15 is 0 Å². The number of nitrogens with zero attached hydrogens (tertiary/aromatic N) is 1. The number of aliphatic hydroxyl groups is 1. The summed E-state index contributed by atoms with van der Waals surface area (Å²) in [6.07, 6.45) is 6.26. The summed E-state index contributed by atoms with van der Waals surface area (Å²) in [5.74, 6) is 0.0929. The highest BCUT2D eigenvalue weighted by Gasteiger charge is 2.26. The fourth-order valence-corrected chi connectivity index (χ4v) is 3.63. The number of fused-ring (bicyclic) bond motifs is 1. The van der Waals surface area contributed by atoms with Crippen LogP contribution >= 0.6 is 0 Å². The van der Waals surface area contributed by atoms with Crippen LogP contribution in [0.15, 0.2) is 29.1 Å². The van der Waals surface area contributed by atoms with E-state index in [1.54, 1.807) is 24.3 Å². The van der Waals surface area contributed by atoms with Crippen molar-refractivity contribution in [2.75, 3.05) is 6.61 Å². The van der Waals surface area contributed by atoms with Crippen molar-refractivity contribution >= 4 is 16.7 Å². The molecule has 0 spiro atoms. The molecule has 6 nitrogen and oxygen atoms in total. The van der Waals surface area contributed by atoms with E-state index < -0.39 is 0 Å². The molecule has 6 heteroatoms. The Labute approximate surface area is 140 Å². The molecule has 24 heavy (non-hydrogen) atoms. The maximum atomic E-state index is 12.7. The van der Waals surface area contributed by atoms with Gasteiger partial charge in [-0.25, -0.2) is 5.10 Å². The second kappa shape index (κ2) is 7.57. The third kappa shape index (κ3) is 3.48. The predicted molar refractivity (Wildman–Crippen MR) is 91.9 cm³/mol. The maximum absolute atomic E-state index is 12.7. The van der Waals surface area contributed by atoms with Gasteiger partial charge in [0.05, 0.1) is 5.39 Å². The van der Waals surface area contributed by atoms with Crippen molar-refractivity contribution in [1.82, 2.24) is 15.5 Å². The van der Waals surface area contributed by atoms with E-state index in [1.165, 1.54) is 19.3 Å². The molecule has 1 atom stereocenters. The minimum Gasteiger partial charge on any atom is -0.396 e. The van der Waals surface area contributed by atoms with Crippen molar-refractivity contribution in [2.24, 2.45) is 5.92 Å². The Bertz CT molecular complexity index is 765. The van der Waals surface area contributed by atoms with Gasteiger partial charge >= 0.3 is 0 Å². The number of carbonyl (C=O) groups is 1. The van der Waals surface area contributed by atoms with E-state index in [4.69, 9.17) is 0 Å². The van der Waals surface area contributed by atoms with E-state index in [-0.39, 0.29) is 29.8 Å². The van der Waals surface area contributed by atoms with Crippen LogP contribution in [-0.4, -0.2) is 33.9 Å². The van der Waals surface area contributed by atoms with Crippen molar-refractivity contribution in [2.45, 2.75) is 44.6 Å². The van der Waals surface area contributed by atoms with Crippen LogP contribution in [0.4, 0.5) is 0 Å². The summed E-state index contributed by atoms with van der Waals surface area (Å²) < 4.78 is 0. The molecule has 0 radical (unpaired) electrons. The van der Waals surface area contributed by atoms with Crippen LogP contribution in [0.5, 0.6) is 0 Å². The molecule has 1 aliphatic rings. The molecule has 0 saturated heterocycles. The third-order valence-corrected chi connectivity index (χ3v) is 4.89. The van der Waals surface area contributed by atoms with Crippen LogP contribution in [-0.2, 0) is 0 Å². The number of amides is 1. The molecule has 3 N–H and O–H groups in total. The minimum absolute atomic E-state index is 0.0429. The van der Waals surface area contributed by atoms with Crippen LogP contribution in [0, 0.1) is 5.92 Å². The van der Waals surface area contributed by atoms with E-state index in [0.29, 0.717) is 23.1 Å². The van der Waals surface area contributed by atoms with Gasteiger partial charge in [0.1, 0.15) is 0 Å². The number of hydrogen-bond donors (Lipinski definition) is 3. The van der Waals surface area contributed by atoms with Crippen LogP contribution in [0.2, 0.25) is 0 Å². The molecule has 3 rings (SSSR count). The largest absolute Gasteiger partial charge is 0.396 e. The number of aromatic nitrogens is 2. The van der Waals surface area contributed by atoms with Crippen LogP contribution < -0.4 is 10.9 Å². The SMILES string of the molecule is O=C(NC(CCO)C1CCCCC1)c1n[nH]c(=O)c2ccccc12. The van der Waals surface area contributed by atoms with Gasteiger partial charge in [0, 0.05) is 18.0 Å². The maximum Gasteiger partial charge on any atom is 0.272 e. The normalized spacial score (nSPS) is 16.9. The second-order valence-corrected chi connectivity index (χ2v) is 6.44. The highest BCUT2D eigenvalue weighted by atomic mass is 16.3. The highest BCUT2D eigenvalue weighted by molar-refractivity contribution is 6.04. The summed E-state index contributed by atoms with van der Waals surface area (Å²) in [5, 5.41) is 19.7. The molecule has 1 amide bonds. The molecule has 1 unspecified atom stereocenters. The summed E-state index contributed by atoms with van der Waals surface area (Å²) in [4.78, 5) is 24.6. The topological polar surface area (TPSA) is 95.1 Å². The van der Waals surface area contributed by atoms with Gasteiger partial charge in [-0.2, -0.15) is 5.10 Å². The first-order valence-corrected chi connectivity index (χ1v) is 8.60. The van der Waals surface area contributed by atoms with Gasteiger partial charge in [-0.15, -0.1) is 0 Å². The molecule has 0 bridgehead atoms. The predicted octanol–water partition coefficient (Wildman–Crippen LogP) is 1.98. The molecule has 2 aromatic rings. The Morgan fingerprint density at radius 2 is 1.96 bits per heavy atom. The van der Waals surface area contributed by atoms with Gasteiger partial charge < -0.3 is 10.4 Å². The number of H-pyrrole nitrogens is 1. The van der Waals surface area contributed by atoms with Gasteiger partial charge in [0.25, 0.3) is 11.5 Å². The highest BCUT2D eigenvalue weighted by Crippen LogP contribution is 2.28. The van der Waals surface area contributed by atoms with Crippen molar-refractivity contribution in [1.29, 1.82) is 0 Å². The zero-order valence-corrected chi connectivity index (χ0v) is 13.6. The van der Waals surface area contributed by atoms with Crippen LogP contribution in [0.25, 0.3) is 10.8 Å². The molecule has 1 aliphatic carbocycles. The number of hydrogen-bond acceptors (Lipinski definition) is 4. The molecular weight excluding hydrogens is 306 g/mol. The first-order valence-electron chi connectivity index (χ1n) is 8.60. The minimum atomic E-state index is -0.304. The van der Waals surface area contributed by atoms with Gasteiger partial charge in [0.15, 0.2) is 5.69 Å². The fourth-order valence-electron chi connectivity index (χ4n) is 3.63. The van der Waals surface area contributed by atoms with Crippen molar-refractivity contribution in [3.05, 3.63) is 40.3 Å². The van der Waals surface area contributed by atoms with Crippen molar-refractivity contribution in [3.63, 3.8) is 0 Å². The van der Waals surface area contributed by atoms with Gasteiger partial charge in [0.2, 0.25) is 0 Å². The quantitative estimate of drug-likeness (QED) is 0.782. The van der Waals surface area contributed by atoms with E-state index in [1.807, 2.05) is 0 Å². The molecule has 1 heterocycles. The summed E-state index contributed by atoms with van der Waals surface area (Å²) >= 11 is 0. The van der Waals surface area contributed by atoms with Gasteiger partial charge in [-0.3, -0.25) is 9.59 Å². The number of carbonyl (C=O) groups excluding carboxylic acids is 1. The Kier molecular flexibility index (Phi) is 5.25. The molecule has 1 aromatic carbocycles. The lowest BCUT2D eigenvalue weighted by molar-refractivity contribution is 0.0895. The zero-order chi connectivity index (χ0) is 16.9. The molecule has 1 aromatic heterocycles. The first-order chi connectivity index (χ1) is 11.7. The van der Waals surface area contributed by atoms with Crippen LogP contribution in [0.3, 0.4) is 0 Å². The first kappa shape index (κ1) is 16.6. The number of rotatable bonds is 5. The van der Waals surface area contributed by atoms with E-state index in [0.717, 1.165) is 12.8 Å². The standard InChI is InChI=1S/C18H23N3O3/c22-11-10-15(12-6-2-1-3-7-12)19-18(24)16-13-8-4-5-9-14(13)17(23)21-20-16/h4-5,8-9,12,15,22H,1-3,6-7,10-11H2,(H,19,24)(H,21,23). The van der Waals surface area contributed by atoms with Crippen molar-refractivity contribution < 1.29 is 9.90 Å². The lowest BCUT2D eigenvalue weighted by atomic mass is 9.82. The van der Waals surface area contributed by atoms with Gasteiger partial charge in [-0.1, -0.05) is 37.5 Å². The Hall–Kier alpha value is -2.21.